The van der Waals surface area contributed by atoms with Gasteiger partial charge >= 0.3 is 0 Å². The van der Waals surface area contributed by atoms with Gasteiger partial charge in [-0.3, -0.25) is 14.7 Å². The lowest BCUT2D eigenvalue weighted by atomic mass is 10.0. The summed E-state index contributed by atoms with van der Waals surface area (Å²) in [7, 11) is 0. The Balaban J connectivity index is 1.66. The second kappa shape index (κ2) is 6.92. The third-order valence-electron chi connectivity index (χ3n) is 5.20. The molecule has 0 radical (unpaired) electrons. The number of piperidine rings is 1. The zero-order valence-corrected chi connectivity index (χ0v) is 14.8. The van der Waals surface area contributed by atoms with Crippen LogP contribution in [0, 0.1) is 0 Å². The normalized spacial score (nSPS) is 21.7. The molecule has 26 heavy (non-hydrogen) atoms. The average molecular weight is 350 g/mol. The van der Waals surface area contributed by atoms with Crippen molar-refractivity contribution < 1.29 is 14.6 Å². The molecule has 3 heterocycles. The zero-order valence-electron chi connectivity index (χ0n) is 14.8. The Morgan fingerprint density at radius 3 is 3.00 bits per heavy atom. The van der Waals surface area contributed by atoms with E-state index in [0.717, 1.165) is 24.9 Å². The molecule has 0 saturated carbocycles. The number of benzene rings is 1. The average Bonchev–Trinajstić information content (AvgIpc) is 2.96. The summed E-state index contributed by atoms with van der Waals surface area (Å²) in [6.45, 7) is 3.79. The maximum absolute atomic E-state index is 12.7. The number of aromatic hydroxyl groups is 1. The highest BCUT2D eigenvalue weighted by Gasteiger charge is 2.32. The summed E-state index contributed by atoms with van der Waals surface area (Å²) in [4.78, 5) is 19.1. The number of allylic oxidation sites excluding steroid dienone is 1. The summed E-state index contributed by atoms with van der Waals surface area (Å²) >= 11 is 0. The number of aromatic nitrogens is 1. The third-order valence-corrected chi connectivity index (χ3v) is 5.20. The van der Waals surface area contributed by atoms with Gasteiger partial charge in [-0.25, -0.2) is 0 Å². The van der Waals surface area contributed by atoms with Crippen molar-refractivity contribution in [2.45, 2.75) is 38.8 Å². The third kappa shape index (κ3) is 3.10. The van der Waals surface area contributed by atoms with Gasteiger partial charge in [0.1, 0.15) is 11.5 Å². The molecule has 2 aromatic rings. The summed E-state index contributed by atoms with van der Waals surface area (Å²) in [5, 5.41) is 10.4. The van der Waals surface area contributed by atoms with E-state index in [4.69, 9.17) is 4.74 Å². The fourth-order valence-electron chi connectivity index (χ4n) is 3.66. The van der Waals surface area contributed by atoms with Gasteiger partial charge in [-0.2, -0.15) is 0 Å². The summed E-state index contributed by atoms with van der Waals surface area (Å²) < 4.78 is 5.91. The molecule has 0 amide bonds. The van der Waals surface area contributed by atoms with E-state index in [1.54, 1.807) is 30.6 Å². The number of ketones is 1. The molecular formula is C21H22N2O3. The van der Waals surface area contributed by atoms with Crippen molar-refractivity contribution in [1.82, 2.24) is 9.88 Å². The van der Waals surface area contributed by atoms with Crippen LogP contribution in [-0.4, -0.2) is 33.4 Å². The summed E-state index contributed by atoms with van der Waals surface area (Å²) in [6, 6.07) is 7.38. The molecule has 0 spiro atoms. The molecule has 1 atom stereocenters. The fourth-order valence-corrected chi connectivity index (χ4v) is 3.66. The number of nitrogens with zero attached hydrogens (tertiary/aromatic N) is 2. The number of carbonyl (C=O) groups is 1. The van der Waals surface area contributed by atoms with Crippen molar-refractivity contribution in [2.75, 3.05) is 6.54 Å². The van der Waals surface area contributed by atoms with Crippen molar-refractivity contribution in [3.63, 3.8) is 0 Å². The van der Waals surface area contributed by atoms with Gasteiger partial charge < -0.3 is 9.84 Å². The molecule has 1 aromatic carbocycles. The summed E-state index contributed by atoms with van der Waals surface area (Å²) in [5.74, 6) is 0.781. The number of pyridine rings is 1. The highest BCUT2D eigenvalue weighted by atomic mass is 16.5. The van der Waals surface area contributed by atoms with Crippen LogP contribution < -0.4 is 4.74 Å². The van der Waals surface area contributed by atoms with E-state index in [-0.39, 0.29) is 17.3 Å². The van der Waals surface area contributed by atoms with Crippen molar-refractivity contribution >= 4 is 11.9 Å². The predicted molar refractivity (Wildman–Crippen MR) is 99.0 cm³/mol. The predicted octanol–water partition coefficient (Wildman–Crippen LogP) is 3.78. The lowest BCUT2D eigenvalue weighted by Crippen LogP contribution is -2.36. The Morgan fingerprint density at radius 1 is 1.35 bits per heavy atom. The SMILES string of the molecule is C[C@H]1CCCCN1Cc1c(O)ccc2c1O/C(=C\c1cccnc1)C2=O. The van der Waals surface area contributed by atoms with E-state index in [9.17, 15) is 9.90 Å². The molecule has 2 aliphatic heterocycles. The minimum atomic E-state index is -0.156. The van der Waals surface area contributed by atoms with Crippen LogP contribution in [0.2, 0.25) is 0 Å². The molecule has 1 N–H and O–H groups in total. The van der Waals surface area contributed by atoms with E-state index in [1.165, 1.54) is 6.42 Å². The molecule has 0 bridgehead atoms. The van der Waals surface area contributed by atoms with E-state index in [2.05, 4.69) is 16.8 Å². The minimum absolute atomic E-state index is 0.156. The number of phenols is 1. The summed E-state index contributed by atoms with van der Waals surface area (Å²) in [5.41, 5.74) is 2.01. The smallest absolute Gasteiger partial charge is 0.231 e. The van der Waals surface area contributed by atoms with Crippen molar-refractivity contribution in [3.05, 3.63) is 59.1 Å². The largest absolute Gasteiger partial charge is 0.507 e. The molecular weight excluding hydrogens is 328 g/mol. The number of hydrogen-bond donors (Lipinski definition) is 1. The van der Waals surface area contributed by atoms with E-state index < -0.39 is 0 Å². The van der Waals surface area contributed by atoms with Crippen LogP contribution in [0.25, 0.3) is 6.08 Å². The van der Waals surface area contributed by atoms with Gasteiger partial charge in [-0.15, -0.1) is 0 Å². The van der Waals surface area contributed by atoms with E-state index in [1.807, 2.05) is 12.1 Å². The van der Waals surface area contributed by atoms with Crippen LogP contribution in [0.15, 0.2) is 42.4 Å². The monoisotopic (exact) mass is 350 g/mol. The number of carbonyl (C=O) groups excluding carboxylic acids is 1. The molecule has 1 saturated heterocycles. The molecule has 1 aromatic heterocycles. The lowest BCUT2D eigenvalue weighted by molar-refractivity contribution is 0.101. The first kappa shape index (κ1) is 16.8. The number of hydrogen-bond acceptors (Lipinski definition) is 5. The summed E-state index contributed by atoms with van der Waals surface area (Å²) in [6.07, 6.45) is 8.61. The number of fused-ring (bicyclic) bond motifs is 1. The zero-order chi connectivity index (χ0) is 18.1. The van der Waals surface area contributed by atoms with Crippen LogP contribution in [0.4, 0.5) is 0 Å². The van der Waals surface area contributed by atoms with Gasteiger partial charge in [0.15, 0.2) is 5.76 Å². The molecule has 1 fully saturated rings. The molecule has 5 heteroatoms. The highest BCUT2D eigenvalue weighted by molar-refractivity contribution is 6.14. The van der Waals surface area contributed by atoms with Gasteiger partial charge in [0, 0.05) is 25.0 Å². The Labute approximate surface area is 152 Å². The maximum atomic E-state index is 12.7. The Morgan fingerprint density at radius 2 is 2.23 bits per heavy atom. The van der Waals surface area contributed by atoms with Crippen molar-refractivity contribution in [2.24, 2.45) is 0 Å². The number of phenolic OH excluding ortho intramolecular Hbond substituents is 1. The standard InChI is InChI=1S/C21H22N2O3/c1-14-5-2-3-10-23(14)13-17-18(24)8-7-16-20(25)19(26-21(16)17)11-15-6-4-9-22-12-15/h4,6-9,11-12,14,24H,2-3,5,10,13H2,1H3/b19-11-/t14-/m0/s1. The lowest BCUT2D eigenvalue weighted by Gasteiger charge is -2.33. The minimum Gasteiger partial charge on any atom is -0.507 e. The van der Waals surface area contributed by atoms with Crippen LogP contribution in [0.5, 0.6) is 11.5 Å². The Bertz CT molecular complexity index is 861. The highest BCUT2D eigenvalue weighted by Crippen LogP contribution is 2.40. The van der Waals surface area contributed by atoms with E-state index >= 15 is 0 Å². The first-order valence-electron chi connectivity index (χ1n) is 9.06. The second-order valence-corrected chi connectivity index (χ2v) is 6.98. The number of Topliss-reactive ketones (excluding diaryl/α,β-unsaturated/α-hetero) is 1. The Kier molecular flexibility index (Phi) is 4.47. The van der Waals surface area contributed by atoms with Crippen molar-refractivity contribution in [1.29, 1.82) is 0 Å². The number of ether oxygens (including phenoxy) is 1. The Hall–Kier alpha value is -2.66. The van der Waals surface area contributed by atoms with E-state index in [0.29, 0.717) is 29.5 Å². The van der Waals surface area contributed by atoms with Gasteiger partial charge in [0.2, 0.25) is 5.78 Å². The van der Waals surface area contributed by atoms with Gasteiger partial charge in [-0.05, 0) is 56.1 Å². The molecule has 2 aliphatic rings. The topological polar surface area (TPSA) is 62.7 Å². The molecule has 0 aliphatic carbocycles. The van der Waals surface area contributed by atoms with Crippen LogP contribution in [0.3, 0.4) is 0 Å². The molecule has 5 nitrogen and oxygen atoms in total. The van der Waals surface area contributed by atoms with Crippen molar-refractivity contribution in [3.8, 4) is 11.5 Å². The second-order valence-electron chi connectivity index (χ2n) is 6.98. The van der Waals surface area contributed by atoms with Gasteiger partial charge in [-0.1, -0.05) is 12.5 Å². The van der Waals surface area contributed by atoms with Crippen LogP contribution in [0.1, 0.15) is 47.7 Å². The number of rotatable bonds is 3. The maximum Gasteiger partial charge on any atom is 0.231 e. The molecule has 134 valence electrons. The fraction of sp³-hybridized carbons (Fsp3) is 0.333. The quantitative estimate of drug-likeness (QED) is 0.854. The first-order chi connectivity index (χ1) is 12.6. The van der Waals surface area contributed by atoms with Gasteiger partial charge in [0.05, 0.1) is 11.1 Å². The molecule has 0 unspecified atom stereocenters. The van der Waals surface area contributed by atoms with Gasteiger partial charge in [0.25, 0.3) is 0 Å². The van der Waals surface area contributed by atoms with Crippen LogP contribution in [-0.2, 0) is 6.54 Å². The number of likely N-dealkylation sites (tertiary alicyclic amines) is 1. The first-order valence-corrected chi connectivity index (χ1v) is 9.06. The van der Waals surface area contributed by atoms with Crippen LogP contribution >= 0.6 is 0 Å². The molecule has 4 rings (SSSR count).